The van der Waals surface area contributed by atoms with Crippen molar-refractivity contribution in [2.24, 2.45) is 0 Å². The van der Waals surface area contributed by atoms with E-state index in [0.29, 0.717) is 27.8 Å². The maximum absolute atomic E-state index is 12.6. The number of rotatable bonds is 5. The maximum atomic E-state index is 12.6. The fraction of sp³-hybridized carbons (Fsp3) is 0.0400. The molecular weight excluding hydrogens is 444 g/mol. The van der Waals surface area contributed by atoms with E-state index in [9.17, 15) is 9.90 Å². The van der Waals surface area contributed by atoms with Gasteiger partial charge in [0.2, 0.25) is 0 Å². The molecule has 0 saturated carbocycles. The molecular formula is C25H19ClN2O3S. The molecule has 0 aliphatic heterocycles. The second-order valence-electron chi connectivity index (χ2n) is 6.97. The van der Waals surface area contributed by atoms with E-state index >= 15 is 0 Å². The first-order chi connectivity index (χ1) is 15.5. The van der Waals surface area contributed by atoms with Gasteiger partial charge in [-0.1, -0.05) is 54.1 Å². The largest absolute Gasteiger partial charge is 0.459 e. The van der Waals surface area contributed by atoms with Gasteiger partial charge in [-0.2, -0.15) is 0 Å². The summed E-state index contributed by atoms with van der Waals surface area (Å²) in [5, 5.41) is 15.4. The molecule has 0 aliphatic carbocycles. The van der Waals surface area contributed by atoms with Crippen LogP contribution in [0.3, 0.4) is 0 Å². The van der Waals surface area contributed by atoms with Crippen molar-refractivity contribution >= 4 is 40.5 Å². The zero-order chi connectivity index (χ0) is 22.5. The molecule has 1 aromatic heterocycles. The number of anilines is 1. The number of aliphatic hydroxyl groups is 1. The molecule has 0 spiro atoms. The highest BCUT2D eigenvalue weighted by atomic mass is 35.5. The normalized spacial score (nSPS) is 10.6. The summed E-state index contributed by atoms with van der Waals surface area (Å²) in [7, 11) is 0. The van der Waals surface area contributed by atoms with Crippen LogP contribution in [0.2, 0.25) is 5.02 Å². The molecule has 0 bridgehead atoms. The fourth-order valence-corrected chi connectivity index (χ4v) is 3.53. The lowest BCUT2D eigenvalue weighted by molar-refractivity contribution is 0.0977. The number of carbonyl (C=O) groups excluding carboxylic acids is 1. The number of halogens is 1. The zero-order valence-corrected chi connectivity index (χ0v) is 18.4. The third-order valence-corrected chi connectivity index (χ3v) is 5.33. The molecule has 3 N–H and O–H groups in total. The molecule has 0 aliphatic rings. The highest BCUT2D eigenvalue weighted by Crippen LogP contribution is 2.30. The van der Waals surface area contributed by atoms with Crippen LogP contribution in [-0.4, -0.2) is 16.1 Å². The molecule has 5 nitrogen and oxygen atoms in total. The maximum Gasteiger partial charge on any atom is 0.257 e. The number of furan rings is 1. The van der Waals surface area contributed by atoms with Crippen LogP contribution in [0.25, 0.3) is 22.5 Å². The Morgan fingerprint density at radius 3 is 2.28 bits per heavy atom. The van der Waals surface area contributed by atoms with Crippen molar-refractivity contribution in [2.45, 2.75) is 6.61 Å². The van der Waals surface area contributed by atoms with E-state index in [0.717, 1.165) is 16.7 Å². The van der Waals surface area contributed by atoms with Gasteiger partial charge in [0, 0.05) is 11.1 Å². The molecule has 0 radical (unpaired) electrons. The predicted octanol–water partition coefficient (Wildman–Crippen LogP) is 5.89. The van der Waals surface area contributed by atoms with Gasteiger partial charge >= 0.3 is 0 Å². The summed E-state index contributed by atoms with van der Waals surface area (Å²) >= 11 is 11.6. The second kappa shape index (κ2) is 9.78. The lowest BCUT2D eigenvalue weighted by atomic mass is 10.0. The third kappa shape index (κ3) is 5.06. The topological polar surface area (TPSA) is 74.5 Å². The van der Waals surface area contributed by atoms with E-state index in [1.807, 2.05) is 42.5 Å². The van der Waals surface area contributed by atoms with E-state index in [4.69, 9.17) is 28.2 Å². The summed E-state index contributed by atoms with van der Waals surface area (Å²) in [5.74, 6) is 0.723. The first kappa shape index (κ1) is 21.8. The molecule has 0 unspecified atom stereocenters. The summed E-state index contributed by atoms with van der Waals surface area (Å²) in [6.45, 7) is -0.179. The van der Waals surface area contributed by atoms with E-state index in [1.165, 1.54) is 0 Å². The molecule has 4 rings (SSSR count). The molecule has 4 aromatic rings. The first-order valence-electron chi connectivity index (χ1n) is 9.81. The Bertz CT molecular complexity index is 1250. The van der Waals surface area contributed by atoms with Crippen molar-refractivity contribution in [3.63, 3.8) is 0 Å². The third-order valence-electron chi connectivity index (χ3n) is 4.80. The van der Waals surface area contributed by atoms with E-state index in [1.54, 1.807) is 42.5 Å². The quantitative estimate of drug-likeness (QED) is 0.323. The van der Waals surface area contributed by atoms with Crippen LogP contribution < -0.4 is 10.6 Å². The van der Waals surface area contributed by atoms with Crippen molar-refractivity contribution in [2.75, 3.05) is 5.32 Å². The number of thiocarbonyl (C=S) groups is 1. The molecule has 160 valence electrons. The molecule has 0 saturated heterocycles. The Morgan fingerprint density at radius 2 is 1.59 bits per heavy atom. The number of carbonyl (C=O) groups is 1. The lowest BCUT2D eigenvalue weighted by Crippen LogP contribution is -2.34. The van der Waals surface area contributed by atoms with Gasteiger partial charge in [-0.15, -0.1) is 0 Å². The summed E-state index contributed by atoms with van der Waals surface area (Å²) in [6.07, 6.45) is 0. The number of nitrogens with one attached hydrogen (secondary N) is 2. The highest BCUT2D eigenvalue weighted by molar-refractivity contribution is 7.80. The summed E-state index contributed by atoms with van der Waals surface area (Å²) in [4.78, 5) is 12.6. The molecule has 1 heterocycles. The van der Waals surface area contributed by atoms with Gasteiger partial charge in [0.1, 0.15) is 18.1 Å². The number of amides is 1. The van der Waals surface area contributed by atoms with Crippen molar-refractivity contribution in [1.29, 1.82) is 0 Å². The second-order valence-corrected chi connectivity index (χ2v) is 7.79. The lowest BCUT2D eigenvalue weighted by Gasteiger charge is -2.12. The van der Waals surface area contributed by atoms with Gasteiger partial charge < -0.3 is 14.8 Å². The standard InChI is InChI=1S/C25H19ClN2O3S/c26-21-12-10-19(23-13-11-20(15-29)31-23)14-22(21)27-25(32)28-24(30)18-8-6-17(7-9-18)16-4-2-1-3-5-16/h1-14,29H,15H2,(H2,27,28,30,32). The molecule has 1 amide bonds. The molecule has 3 aromatic carbocycles. The van der Waals surface area contributed by atoms with Crippen LogP contribution in [0, 0.1) is 0 Å². The average Bonchev–Trinajstić information content (AvgIpc) is 3.30. The van der Waals surface area contributed by atoms with Gasteiger partial charge in [-0.25, -0.2) is 0 Å². The van der Waals surface area contributed by atoms with E-state index < -0.39 is 0 Å². The predicted molar refractivity (Wildman–Crippen MR) is 131 cm³/mol. The van der Waals surface area contributed by atoms with Crippen LogP contribution in [0.4, 0.5) is 5.69 Å². The van der Waals surface area contributed by atoms with E-state index in [-0.39, 0.29) is 17.6 Å². The minimum absolute atomic E-state index is 0.122. The molecule has 0 atom stereocenters. The zero-order valence-electron chi connectivity index (χ0n) is 16.8. The molecule has 7 heteroatoms. The number of hydrogen-bond donors (Lipinski definition) is 3. The number of aliphatic hydroxyl groups excluding tert-OH is 1. The van der Waals surface area contributed by atoms with Crippen LogP contribution in [0.15, 0.2) is 89.3 Å². The first-order valence-corrected chi connectivity index (χ1v) is 10.6. The summed E-state index contributed by atoms with van der Waals surface area (Å²) in [6, 6.07) is 25.9. The Labute approximate surface area is 195 Å². The van der Waals surface area contributed by atoms with Crippen LogP contribution >= 0.6 is 23.8 Å². The Hall–Kier alpha value is -3.45. The fourth-order valence-electron chi connectivity index (χ4n) is 3.17. The van der Waals surface area contributed by atoms with Gasteiger partial charge in [0.05, 0.1) is 10.7 Å². The number of benzene rings is 3. The monoisotopic (exact) mass is 462 g/mol. The number of hydrogen-bond acceptors (Lipinski definition) is 4. The van der Waals surface area contributed by atoms with Crippen LogP contribution in [-0.2, 0) is 6.61 Å². The average molecular weight is 463 g/mol. The van der Waals surface area contributed by atoms with Crippen molar-refractivity contribution in [3.05, 3.63) is 101 Å². The van der Waals surface area contributed by atoms with Crippen molar-refractivity contribution in [3.8, 4) is 22.5 Å². The van der Waals surface area contributed by atoms with E-state index in [2.05, 4.69) is 10.6 Å². The minimum atomic E-state index is -0.326. The molecule has 0 fully saturated rings. The van der Waals surface area contributed by atoms with Crippen LogP contribution in [0.5, 0.6) is 0 Å². The summed E-state index contributed by atoms with van der Waals surface area (Å²) in [5.41, 5.74) is 3.86. The van der Waals surface area contributed by atoms with Crippen molar-refractivity contribution < 1.29 is 14.3 Å². The van der Waals surface area contributed by atoms with Crippen LogP contribution in [0.1, 0.15) is 16.1 Å². The highest BCUT2D eigenvalue weighted by Gasteiger charge is 2.12. The smallest absolute Gasteiger partial charge is 0.257 e. The SMILES string of the molecule is O=C(NC(=S)Nc1cc(-c2ccc(CO)o2)ccc1Cl)c1ccc(-c2ccccc2)cc1. The van der Waals surface area contributed by atoms with Gasteiger partial charge in [-0.05, 0) is 65.8 Å². The van der Waals surface area contributed by atoms with Gasteiger partial charge in [-0.3, -0.25) is 10.1 Å². The summed E-state index contributed by atoms with van der Waals surface area (Å²) < 4.78 is 5.56. The molecule has 32 heavy (non-hydrogen) atoms. The van der Waals surface area contributed by atoms with Crippen molar-refractivity contribution in [1.82, 2.24) is 5.32 Å². The Morgan fingerprint density at radius 1 is 0.906 bits per heavy atom. The Kier molecular flexibility index (Phi) is 6.66. The van der Waals surface area contributed by atoms with Gasteiger partial charge in [0.25, 0.3) is 5.91 Å². The minimum Gasteiger partial charge on any atom is -0.459 e. The van der Waals surface area contributed by atoms with Gasteiger partial charge in [0.15, 0.2) is 5.11 Å². The Balaban J connectivity index is 1.43.